The number of aryl methyl sites for hydroxylation is 1. The standard InChI is InChI=1S/C16H26N2/c1-12-5-6-14(17)15(11-12)18-9-7-13(8-10-18)16(2,3)4/h5-6,11,13H,7-10,17H2,1-4H3. The number of nitrogens with zero attached hydrogens (tertiary/aromatic N) is 1. The third-order valence-corrected chi connectivity index (χ3v) is 4.25. The van der Waals surface area contributed by atoms with Crippen molar-refractivity contribution in [2.24, 2.45) is 11.3 Å². The van der Waals surface area contributed by atoms with Crippen molar-refractivity contribution in [3.8, 4) is 0 Å². The number of hydrogen-bond donors (Lipinski definition) is 1. The lowest BCUT2D eigenvalue weighted by molar-refractivity contribution is 0.199. The molecule has 1 aromatic carbocycles. The van der Waals surface area contributed by atoms with Gasteiger partial charge in [0.25, 0.3) is 0 Å². The van der Waals surface area contributed by atoms with E-state index in [-0.39, 0.29) is 0 Å². The predicted octanol–water partition coefficient (Wildman–Crippen LogP) is 3.84. The van der Waals surface area contributed by atoms with Gasteiger partial charge in [0.1, 0.15) is 0 Å². The van der Waals surface area contributed by atoms with E-state index in [0.717, 1.165) is 24.7 Å². The zero-order valence-corrected chi connectivity index (χ0v) is 12.2. The highest BCUT2D eigenvalue weighted by Crippen LogP contribution is 2.36. The van der Waals surface area contributed by atoms with Crippen LogP contribution in [0, 0.1) is 18.3 Å². The summed E-state index contributed by atoms with van der Waals surface area (Å²) in [6.07, 6.45) is 2.55. The van der Waals surface area contributed by atoms with Crippen LogP contribution in [-0.4, -0.2) is 13.1 Å². The van der Waals surface area contributed by atoms with Gasteiger partial charge in [-0.15, -0.1) is 0 Å². The number of piperidine rings is 1. The van der Waals surface area contributed by atoms with Gasteiger partial charge in [0.05, 0.1) is 11.4 Å². The zero-order chi connectivity index (χ0) is 13.3. The average molecular weight is 246 g/mol. The quantitative estimate of drug-likeness (QED) is 0.763. The Hall–Kier alpha value is -1.18. The van der Waals surface area contributed by atoms with Gasteiger partial charge in [0.15, 0.2) is 0 Å². The molecule has 0 amide bonds. The minimum absolute atomic E-state index is 0.435. The van der Waals surface area contributed by atoms with Gasteiger partial charge in [0, 0.05) is 13.1 Å². The molecule has 2 heteroatoms. The van der Waals surface area contributed by atoms with Crippen LogP contribution in [0.1, 0.15) is 39.2 Å². The summed E-state index contributed by atoms with van der Waals surface area (Å²) in [6, 6.07) is 6.33. The second-order valence-corrected chi connectivity index (χ2v) is 6.69. The Kier molecular flexibility index (Phi) is 3.56. The van der Waals surface area contributed by atoms with Crippen molar-refractivity contribution in [3.63, 3.8) is 0 Å². The lowest BCUT2D eigenvalue weighted by Crippen LogP contribution is -2.38. The maximum absolute atomic E-state index is 6.10. The molecule has 0 spiro atoms. The van der Waals surface area contributed by atoms with Crippen molar-refractivity contribution in [3.05, 3.63) is 23.8 Å². The summed E-state index contributed by atoms with van der Waals surface area (Å²) in [5.74, 6) is 0.833. The Morgan fingerprint density at radius 2 is 1.78 bits per heavy atom. The van der Waals surface area contributed by atoms with Gasteiger partial charge in [-0.1, -0.05) is 26.8 Å². The molecule has 2 rings (SSSR count). The van der Waals surface area contributed by atoms with Gasteiger partial charge in [-0.05, 0) is 48.8 Å². The molecule has 100 valence electrons. The molecule has 0 bridgehead atoms. The van der Waals surface area contributed by atoms with E-state index in [1.165, 1.54) is 24.1 Å². The van der Waals surface area contributed by atoms with Crippen LogP contribution in [0.2, 0.25) is 0 Å². The van der Waals surface area contributed by atoms with Crippen LogP contribution in [-0.2, 0) is 0 Å². The summed E-state index contributed by atoms with van der Waals surface area (Å²) in [5, 5.41) is 0. The average Bonchev–Trinajstić information content (AvgIpc) is 2.31. The molecule has 0 aliphatic carbocycles. The van der Waals surface area contributed by atoms with E-state index in [2.05, 4.69) is 44.7 Å². The largest absolute Gasteiger partial charge is 0.397 e. The second-order valence-electron chi connectivity index (χ2n) is 6.69. The maximum atomic E-state index is 6.10. The zero-order valence-electron chi connectivity index (χ0n) is 12.2. The van der Waals surface area contributed by atoms with E-state index >= 15 is 0 Å². The molecular formula is C16H26N2. The topological polar surface area (TPSA) is 29.3 Å². The fourth-order valence-corrected chi connectivity index (χ4v) is 2.91. The molecule has 0 aromatic heterocycles. The van der Waals surface area contributed by atoms with Crippen LogP contribution in [0.15, 0.2) is 18.2 Å². The number of rotatable bonds is 1. The molecule has 1 fully saturated rings. The van der Waals surface area contributed by atoms with E-state index in [9.17, 15) is 0 Å². The van der Waals surface area contributed by atoms with Crippen molar-refractivity contribution >= 4 is 11.4 Å². The van der Waals surface area contributed by atoms with Crippen molar-refractivity contribution in [2.45, 2.75) is 40.5 Å². The van der Waals surface area contributed by atoms with E-state index in [1.807, 2.05) is 6.07 Å². The molecule has 1 saturated heterocycles. The number of nitrogens with two attached hydrogens (primary N) is 1. The van der Waals surface area contributed by atoms with Crippen LogP contribution in [0.5, 0.6) is 0 Å². The van der Waals surface area contributed by atoms with Gasteiger partial charge >= 0.3 is 0 Å². The normalized spacial score (nSPS) is 18.1. The molecule has 0 atom stereocenters. The van der Waals surface area contributed by atoms with Crippen LogP contribution in [0.25, 0.3) is 0 Å². The molecule has 1 aliphatic heterocycles. The summed E-state index contributed by atoms with van der Waals surface area (Å²) in [4.78, 5) is 2.45. The van der Waals surface area contributed by atoms with Gasteiger partial charge in [-0.3, -0.25) is 0 Å². The molecule has 1 aliphatic rings. The fraction of sp³-hybridized carbons (Fsp3) is 0.625. The highest BCUT2D eigenvalue weighted by molar-refractivity contribution is 5.68. The highest BCUT2D eigenvalue weighted by Gasteiger charge is 2.29. The van der Waals surface area contributed by atoms with Gasteiger partial charge in [-0.25, -0.2) is 0 Å². The van der Waals surface area contributed by atoms with Crippen molar-refractivity contribution in [1.82, 2.24) is 0 Å². The van der Waals surface area contributed by atoms with Crippen molar-refractivity contribution in [1.29, 1.82) is 0 Å². The molecular weight excluding hydrogens is 220 g/mol. The van der Waals surface area contributed by atoms with Gasteiger partial charge in [-0.2, -0.15) is 0 Å². The summed E-state index contributed by atoms with van der Waals surface area (Å²) in [5.41, 5.74) is 9.96. The summed E-state index contributed by atoms with van der Waals surface area (Å²) in [6.45, 7) is 11.5. The van der Waals surface area contributed by atoms with Crippen LogP contribution < -0.4 is 10.6 Å². The third-order valence-electron chi connectivity index (χ3n) is 4.25. The van der Waals surface area contributed by atoms with Crippen LogP contribution in [0.4, 0.5) is 11.4 Å². The summed E-state index contributed by atoms with van der Waals surface area (Å²) in [7, 11) is 0. The Morgan fingerprint density at radius 3 is 2.33 bits per heavy atom. The predicted molar refractivity (Wildman–Crippen MR) is 80.0 cm³/mol. The summed E-state index contributed by atoms with van der Waals surface area (Å²) >= 11 is 0. The number of nitrogen functional groups attached to an aromatic ring is 1. The van der Waals surface area contributed by atoms with E-state index < -0.39 is 0 Å². The Morgan fingerprint density at radius 1 is 1.17 bits per heavy atom. The summed E-state index contributed by atoms with van der Waals surface area (Å²) < 4.78 is 0. The SMILES string of the molecule is Cc1ccc(N)c(N2CCC(C(C)(C)C)CC2)c1. The Labute approximate surface area is 111 Å². The first-order valence-electron chi connectivity index (χ1n) is 6.99. The number of anilines is 2. The molecule has 2 nitrogen and oxygen atoms in total. The minimum Gasteiger partial charge on any atom is -0.397 e. The molecule has 0 radical (unpaired) electrons. The van der Waals surface area contributed by atoms with Gasteiger partial charge in [0.2, 0.25) is 0 Å². The highest BCUT2D eigenvalue weighted by atomic mass is 15.1. The molecule has 0 unspecified atom stereocenters. The molecule has 18 heavy (non-hydrogen) atoms. The Balaban J connectivity index is 2.08. The van der Waals surface area contributed by atoms with E-state index in [1.54, 1.807) is 0 Å². The monoisotopic (exact) mass is 246 g/mol. The second kappa shape index (κ2) is 4.83. The van der Waals surface area contributed by atoms with E-state index in [0.29, 0.717) is 5.41 Å². The molecule has 0 saturated carbocycles. The van der Waals surface area contributed by atoms with Crippen LogP contribution in [0.3, 0.4) is 0 Å². The third kappa shape index (κ3) is 2.80. The lowest BCUT2D eigenvalue weighted by atomic mass is 9.75. The van der Waals surface area contributed by atoms with Gasteiger partial charge < -0.3 is 10.6 Å². The minimum atomic E-state index is 0.435. The first kappa shape index (κ1) is 13.3. The lowest BCUT2D eigenvalue weighted by Gasteiger charge is -2.40. The molecule has 1 aromatic rings. The first-order valence-corrected chi connectivity index (χ1v) is 6.99. The van der Waals surface area contributed by atoms with E-state index in [4.69, 9.17) is 5.73 Å². The van der Waals surface area contributed by atoms with Crippen molar-refractivity contribution < 1.29 is 0 Å². The van der Waals surface area contributed by atoms with Crippen molar-refractivity contribution in [2.75, 3.05) is 23.7 Å². The smallest absolute Gasteiger partial charge is 0.0602 e. The molecule has 1 heterocycles. The van der Waals surface area contributed by atoms with Crippen LogP contribution >= 0.6 is 0 Å². The first-order chi connectivity index (χ1) is 8.38. The maximum Gasteiger partial charge on any atom is 0.0602 e. The number of hydrogen-bond acceptors (Lipinski definition) is 2. The Bertz CT molecular complexity index is 410. The molecule has 2 N–H and O–H groups in total. The number of benzene rings is 1. The fourth-order valence-electron chi connectivity index (χ4n) is 2.91.